The molecule has 1 atom stereocenters. The Labute approximate surface area is 79.8 Å². The van der Waals surface area contributed by atoms with Gasteiger partial charge in [0.1, 0.15) is 0 Å². The van der Waals surface area contributed by atoms with Crippen molar-refractivity contribution in [3.8, 4) is 0 Å². The maximum atomic E-state index is 8.68. The van der Waals surface area contributed by atoms with E-state index in [2.05, 4.69) is 6.92 Å². The molecule has 0 radical (unpaired) electrons. The zero-order valence-corrected chi connectivity index (χ0v) is 8.40. The number of unbranched alkanes of at least 4 members (excludes halogenated alkanes) is 1. The molecule has 0 spiro atoms. The summed E-state index contributed by atoms with van der Waals surface area (Å²) >= 11 is 0. The van der Waals surface area contributed by atoms with Gasteiger partial charge in [-0.05, 0) is 13.3 Å². The van der Waals surface area contributed by atoms with Gasteiger partial charge in [0.05, 0.1) is 6.10 Å². The standard InChI is InChI=1S/C6H14O.ClH.Mg/c1-3-4-5-6(2)7;;/h6-7H,3-5H2,1-2H3;1H;/q;;+2/p-1. The molecular weight excluding hydrogens is 148 g/mol. The molecule has 0 saturated heterocycles. The summed E-state index contributed by atoms with van der Waals surface area (Å²) in [6.45, 7) is 3.96. The second kappa shape index (κ2) is 11.8. The third-order valence-electron chi connectivity index (χ3n) is 0.975. The molecule has 0 aromatic rings. The first-order valence-corrected chi connectivity index (χ1v) is 2.95. The van der Waals surface area contributed by atoms with Crippen LogP contribution >= 0.6 is 0 Å². The number of hydrogen-bond acceptors (Lipinski definition) is 1. The Morgan fingerprint density at radius 1 is 1.44 bits per heavy atom. The van der Waals surface area contributed by atoms with Crippen molar-refractivity contribution in [2.45, 2.75) is 39.2 Å². The molecule has 0 rings (SSSR count). The van der Waals surface area contributed by atoms with Crippen LogP contribution in [0.2, 0.25) is 0 Å². The zero-order chi connectivity index (χ0) is 5.70. The van der Waals surface area contributed by atoms with Gasteiger partial charge in [-0.3, -0.25) is 0 Å². The van der Waals surface area contributed by atoms with Gasteiger partial charge in [-0.25, -0.2) is 0 Å². The van der Waals surface area contributed by atoms with E-state index < -0.39 is 0 Å². The van der Waals surface area contributed by atoms with Crippen LogP contribution < -0.4 is 12.4 Å². The van der Waals surface area contributed by atoms with E-state index in [1.165, 1.54) is 6.42 Å². The summed E-state index contributed by atoms with van der Waals surface area (Å²) in [7, 11) is 0. The molecule has 0 aromatic carbocycles. The molecule has 52 valence electrons. The molecule has 0 saturated carbocycles. The van der Waals surface area contributed by atoms with Crippen LogP contribution in [0, 0.1) is 0 Å². The van der Waals surface area contributed by atoms with Crippen LogP contribution in [0.3, 0.4) is 0 Å². The quantitative estimate of drug-likeness (QED) is 0.484. The minimum absolute atomic E-state index is 0. The molecule has 1 N–H and O–H groups in total. The summed E-state index contributed by atoms with van der Waals surface area (Å²) in [4.78, 5) is 0. The molecular formula is C6H14ClMgO+. The summed E-state index contributed by atoms with van der Waals surface area (Å²) in [5.41, 5.74) is 0. The van der Waals surface area contributed by atoms with Crippen molar-refractivity contribution in [3.05, 3.63) is 0 Å². The van der Waals surface area contributed by atoms with E-state index in [0.717, 1.165) is 12.8 Å². The van der Waals surface area contributed by atoms with Crippen LogP contribution in [0.25, 0.3) is 0 Å². The van der Waals surface area contributed by atoms with E-state index in [4.69, 9.17) is 5.11 Å². The van der Waals surface area contributed by atoms with Crippen LogP contribution in [0.5, 0.6) is 0 Å². The smallest absolute Gasteiger partial charge is 1.00 e. The van der Waals surface area contributed by atoms with Gasteiger partial charge in [-0.15, -0.1) is 0 Å². The number of aliphatic hydroxyl groups is 1. The average molecular weight is 162 g/mol. The normalized spacial score (nSPS) is 11.0. The van der Waals surface area contributed by atoms with Gasteiger partial charge in [0.2, 0.25) is 0 Å². The molecule has 0 fully saturated rings. The summed E-state index contributed by atoms with van der Waals surface area (Å²) in [6.07, 6.45) is 3.19. The average Bonchev–Trinajstić information content (AvgIpc) is 1.61. The maximum absolute atomic E-state index is 8.68. The Balaban J connectivity index is -0.000000180. The Morgan fingerprint density at radius 3 is 2.00 bits per heavy atom. The van der Waals surface area contributed by atoms with E-state index in [9.17, 15) is 0 Å². The molecule has 0 aliphatic carbocycles. The van der Waals surface area contributed by atoms with Crippen LogP contribution in [0.1, 0.15) is 33.1 Å². The molecule has 0 aliphatic rings. The second-order valence-corrected chi connectivity index (χ2v) is 1.99. The van der Waals surface area contributed by atoms with Crippen LogP contribution in [-0.2, 0) is 0 Å². The Bertz CT molecular complexity index is 42.0. The van der Waals surface area contributed by atoms with Gasteiger partial charge in [-0.1, -0.05) is 19.8 Å². The van der Waals surface area contributed by atoms with Crippen molar-refractivity contribution >= 4 is 23.1 Å². The number of hydrogen-bond donors (Lipinski definition) is 1. The first kappa shape index (κ1) is 16.5. The predicted octanol–water partition coefficient (Wildman–Crippen LogP) is -1.82. The fourth-order valence-electron chi connectivity index (χ4n) is 0.500. The predicted molar refractivity (Wildman–Crippen MR) is 37.0 cm³/mol. The summed E-state index contributed by atoms with van der Waals surface area (Å²) < 4.78 is 0. The summed E-state index contributed by atoms with van der Waals surface area (Å²) in [6, 6.07) is 0. The molecule has 3 heteroatoms. The first-order valence-electron chi connectivity index (χ1n) is 2.95. The summed E-state index contributed by atoms with van der Waals surface area (Å²) in [5.74, 6) is 0. The van der Waals surface area contributed by atoms with Gasteiger partial charge in [-0.2, -0.15) is 0 Å². The fraction of sp³-hybridized carbons (Fsp3) is 1.00. The minimum atomic E-state index is -0.0973. The van der Waals surface area contributed by atoms with Gasteiger partial charge < -0.3 is 17.5 Å². The Morgan fingerprint density at radius 2 is 1.89 bits per heavy atom. The minimum Gasteiger partial charge on any atom is -1.00 e. The van der Waals surface area contributed by atoms with Crippen LogP contribution in [-0.4, -0.2) is 34.3 Å². The van der Waals surface area contributed by atoms with Crippen molar-refractivity contribution in [2.24, 2.45) is 0 Å². The van der Waals surface area contributed by atoms with E-state index in [1.807, 2.05) is 6.92 Å². The Hall–Kier alpha value is 1.02. The van der Waals surface area contributed by atoms with Crippen molar-refractivity contribution < 1.29 is 17.5 Å². The van der Waals surface area contributed by atoms with Gasteiger partial charge in [0.25, 0.3) is 0 Å². The Kier molecular flexibility index (Phi) is 21.6. The summed E-state index contributed by atoms with van der Waals surface area (Å²) in [5, 5.41) is 8.68. The zero-order valence-electron chi connectivity index (χ0n) is 6.23. The largest absolute Gasteiger partial charge is 2.00 e. The molecule has 1 nitrogen and oxygen atoms in total. The number of rotatable bonds is 3. The molecule has 0 heterocycles. The first-order chi connectivity index (χ1) is 3.27. The van der Waals surface area contributed by atoms with Crippen molar-refractivity contribution in [1.29, 1.82) is 0 Å². The van der Waals surface area contributed by atoms with E-state index in [-0.39, 0.29) is 41.6 Å². The fourth-order valence-corrected chi connectivity index (χ4v) is 0.500. The van der Waals surface area contributed by atoms with Crippen molar-refractivity contribution in [2.75, 3.05) is 0 Å². The molecule has 0 amide bonds. The third-order valence-corrected chi connectivity index (χ3v) is 0.975. The number of aliphatic hydroxyl groups excluding tert-OH is 1. The maximum Gasteiger partial charge on any atom is 2.00 e. The molecule has 9 heavy (non-hydrogen) atoms. The SMILES string of the molecule is CCCCC(C)O.[Cl-].[Mg+2]. The van der Waals surface area contributed by atoms with Crippen molar-refractivity contribution in [1.82, 2.24) is 0 Å². The topological polar surface area (TPSA) is 20.2 Å². The van der Waals surface area contributed by atoms with E-state index in [0.29, 0.717) is 0 Å². The molecule has 1 unspecified atom stereocenters. The second-order valence-electron chi connectivity index (χ2n) is 1.99. The monoisotopic (exact) mass is 161 g/mol. The molecule has 0 bridgehead atoms. The van der Waals surface area contributed by atoms with E-state index in [1.54, 1.807) is 0 Å². The van der Waals surface area contributed by atoms with Crippen LogP contribution in [0.15, 0.2) is 0 Å². The molecule has 0 aromatic heterocycles. The van der Waals surface area contributed by atoms with E-state index >= 15 is 0 Å². The number of halogens is 1. The molecule has 0 aliphatic heterocycles. The van der Waals surface area contributed by atoms with Gasteiger partial charge in [0.15, 0.2) is 0 Å². The third kappa shape index (κ3) is 17.6. The van der Waals surface area contributed by atoms with Crippen molar-refractivity contribution in [3.63, 3.8) is 0 Å². The van der Waals surface area contributed by atoms with Gasteiger partial charge >= 0.3 is 23.1 Å². The van der Waals surface area contributed by atoms with Crippen LogP contribution in [0.4, 0.5) is 0 Å². The van der Waals surface area contributed by atoms with Gasteiger partial charge in [0, 0.05) is 0 Å².